The van der Waals surface area contributed by atoms with E-state index in [2.05, 4.69) is 15.2 Å². The molecule has 27 heavy (non-hydrogen) atoms. The van der Waals surface area contributed by atoms with Crippen molar-refractivity contribution < 1.29 is 9.59 Å². The van der Waals surface area contributed by atoms with Crippen LogP contribution in [0.1, 0.15) is 39.0 Å². The van der Waals surface area contributed by atoms with Gasteiger partial charge in [-0.15, -0.1) is 10.2 Å². The predicted molar refractivity (Wildman–Crippen MR) is 107 cm³/mol. The third-order valence-electron chi connectivity index (χ3n) is 4.34. The maximum atomic E-state index is 12.6. The zero-order chi connectivity index (χ0) is 19.7. The van der Waals surface area contributed by atoms with Crippen LogP contribution in [0.15, 0.2) is 29.4 Å². The van der Waals surface area contributed by atoms with Gasteiger partial charge in [0.15, 0.2) is 22.5 Å². The van der Waals surface area contributed by atoms with E-state index in [-0.39, 0.29) is 17.3 Å². The van der Waals surface area contributed by atoms with Crippen molar-refractivity contribution in [2.75, 3.05) is 5.75 Å². The molecule has 0 fully saturated rings. The van der Waals surface area contributed by atoms with E-state index in [1.165, 1.54) is 18.7 Å². The van der Waals surface area contributed by atoms with E-state index < -0.39 is 0 Å². The summed E-state index contributed by atoms with van der Waals surface area (Å²) in [5.41, 5.74) is 3.38. The molecule has 0 saturated carbocycles. The first-order chi connectivity index (χ1) is 12.8. The van der Waals surface area contributed by atoms with E-state index in [9.17, 15) is 9.59 Å². The fraction of sp³-hybridized carbons (Fsp3) is 0.263. The molecule has 1 aromatic carbocycles. The molecular weight excluding hydrogens is 384 g/mol. The summed E-state index contributed by atoms with van der Waals surface area (Å²) in [6, 6.07) is 7.34. The van der Waals surface area contributed by atoms with Crippen molar-refractivity contribution in [2.45, 2.75) is 25.9 Å². The Bertz CT molecular complexity index is 1020. The molecule has 0 unspecified atom stereocenters. The Hall–Kier alpha value is -2.38. The van der Waals surface area contributed by atoms with E-state index in [0.717, 1.165) is 11.3 Å². The summed E-state index contributed by atoms with van der Waals surface area (Å²) in [7, 11) is 1.86. The monoisotopic (exact) mass is 402 g/mol. The Labute approximate surface area is 166 Å². The first kappa shape index (κ1) is 19.4. The van der Waals surface area contributed by atoms with Crippen LogP contribution in [0.5, 0.6) is 0 Å². The second-order valence-corrected chi connectivity index (χ2v) is 7.64. The van der Waals surface area contributed by atoms with E-state index in [1.807, 2.05) is 23.7 Å². The zero-order valence-corrected chi connectivity index (χ0v) is 17.0. The first-order valence-corrected chi connectivity index (χ1v) is 9.67. The lowest BCUT2D eigenvalue weighted by atomic mass is 10.1. The van der Waals surface area contributed by atoms with Crippen LogP contribution in [0.2, 0.25) is 5.02 Å². The smallest absolute Gasteiger partial charge is 0.191 e. The molecule has 140 valence electrons. The number of benzene rings is 1. The van der Waals surface area contributed by atoms with E-state index in [1.54, 1.807) is 26.0 Å². The summed E-state index contributed by atoms with van der Waals surface area (Å²) in [5, 5.41) is 9.69. The van der Waals surface area contributed by atoms with Gasteiger partial charge in [-0.05, 0) is 50.6 Å². The Kier molecular flexibility index (Phi) is 5.53. The fourth-order valence-corrected chi connectivity index (χ4v) is 3.96. The summed E-state index contributed by atoms with van der Waals surface area (Å²) in [6.45, 7) is 5.10. The number of halogens is 1. The van der Waals surface area contributed by atoms with Crippen molar-refractivity contribution in [2.24, 2.45) is 7.05 Å². The highest BCUT2D eigenvalue weighted by atomic mass is 35.5. The van der Waals surface area contributed by atoms with Crippen LogP contribution in [0.3, 0.4) is 0 Å². The van der Waals surface area contributed by atoms with Crippen molar-refractivity contribution in [3.05, 3.63) is 51.8 Å². The number of carbonyl (C=O) groups is 2. The van der Waals surface area contributed by atoms with Gasteiger partial charge in [-0.2, -0.15) is 0 Å². The summed E-state index contributed by atoms with van der Waals surface area (Å²) >= 11 is 7.23. The number of rotatable bonds is 6. The molecule has 0 aliphatic carbocycles. The molecule has 0 bridgehead atoms. The molecular formula is C19H19ClN4O2S. The standard InChI is InChI=1S/C19H19ClN4O2S/c1-10-16(12(3)25)11(2)21-17(10)15(26)9-27-19-23-22-18(24(19)4)13-5-7-14(20)8-6-13/h5-8,21H,9H2,1-4H3. The number of aromatic nitrogens is 4. The highest BCUT2D eigenvalue weighted by Gasteiger charge is 2.21. The summed E-state index contributed by atoms with van der Waals surface area (Å²) in [5.74, 6) is 0.774. The maximum absolute atomic E-state index is 12.6. The number of H-pyrrole nitrogens is 1. The van der Waals surface area contributed by atoms with E-state index in [0.29, 0.717) is 32.8 Å². The van der Waals surface area contributed by atoms with Crippen molar-refractivity contribution in [3.63, 3.8) is 0 Å². The summed E-state index contributed by atoms with van der Waals surface area (Å²) in [4.78, 5) is 27.4. The van der Waals surface area contributed by atoms with Crippen molar-refractivity contribution in [3.8, 4) is 11.4 Å². The average molecular weight is 403 g/mol. The number of thioether (sulfide) groups is 1. The van der Waals surface area contributed by atoms with Gasteiger partial charge in [0.05, 0.1) is 11.4 Å². The van der Waals surface area contributed by atoms with Crippen LogP contribution in [-0.4, -0.2) is 37.1 Å². The SMILES string of the molecule is CC(=O)c1c(C)[nH]c(C(=O)CSc2nnc(-c3ccc(Cl)cc3)n2C)c1C. The minimum Gasteiger partial charge on any atom is -0.355 e. The first-order valence-electron chi connectivity index (χ1n) is 8.31. The molecule has 0 amide bonds. The number of aryl methyl sites for hydroxylation is 1. The highest BCUT2D eigenvalue weighted by molar-refractivity contribution is 7.99. The van der Waals surface area contributed by atoms with Gasteiger partial charge in [-0.25, -0.2) is 0 Å². The molecule has 0 spiro atoms. The quantitative estimate of drug-likeness (QED) is 0.492. The molecule has 2 heterocycles. The number of aromatic amines is 1. The van der Waals surface area contributed by atoms with Crippen molar-refractivity contribution >= 4 is 34.9 Å². The Morgan fingerprint density at radius 3 is 2.44 bits per heavy atom. The number of nitrogens with one attached hydrogen (secondary N) is 1. The molecule has 2 aromatic heterocycles. The molecule has 6 nitrogen and oxygen atoms in total. The number of hydrogen-bond donors (Lipinski definition) is 1. The fourth-order valence-electron chi connectivity index (χ4n) is 3.05. The van der Waals surface area contributed by atoms with E-state index >= 15 is 0 Å². The average Bonchev–Trinajstić information content (AvgIpc) is 3.13. The van der Waals surface area contributed by atoms with Crippen molar-refractivity contribution in [1.82, 2.24) is 19.7 Å². The van der Waals surface area contributed by atoms with Gasteiger partial charge in [0.2, 0.25) is 0 Å². The molecule has 0 aliphatic heterocycles. The van der Waals surface area contributed by atoms with Crippen LogP contribution in [-0.2, 0) is 7.05 Å². The largest absolute Gasteiger partial charge is 0.355 e. The number of hydrogen-bond acceptors (Lipinski definition) is 5. The molecule has 8 heteroatoms. The van der Waals surface area contributed by atoms with Crippen LogP contribution < -0.4 is 0 Å². The summed E-state index contributed by atoms with van der Waals surface area (Å²) < 4.78 is 1.84. The molecule has 0 aliphatic rings. The second kappa shape index (κ2) is 7.70. The summed E-state index contributed by atoms with van der Waals surface area (Å²) in [6.07, 6.45) is 0. The Morgan fingerprint density at radius 2 is 1.85 bits per heavy atom. The third-order valence-corrected chi connectivity index (χ3v) is 5.61. The molecule has 1 N–H and O–H groups in total. The Morgan fingerprint density at radius 1 is 1.19 bits per heavy atom. The van der Waals surface area contributed by atoms with Gasteiger partial charge in [0.1, 0.15) is 0 Å². The number of carbonyl (C=O) groups excluding carboxylic acids is 2. The van der Waals surface area contributed by atoms with Gasteiger partial charge < -0.3 is 9.55 Å². The topological polar surface area (TPSA) is 80.6 Å². The van der Waals surface area contributed by atoms with Gasteiger partial charge in [0.25, 0.3) is 0 Å². The van der Waals surface area contributed by atoms with Crippen LogP contribution in [0.4, 0.5) is 0 Å². The lowest BCUT2D eigenvalue weighted by molar-refractivity contribution is 0.101. The molecule has 3 rings (SSSR count). The lowest BCUT2D eigenvalue weighted by Gasteiger charge is -2.04. The number of nitrogens with zero attached hydrogens (tertiary/aromatic N) is 3. The minimum absolute atomic E-state index is 0.0474. The van der Waals surface area contributed by atoms with Crippen LogP contribution in [0.25, 0.3) is 11.4 Å². The van der Waals surface area contributed by atoms with Gasteiger partial charge in [-0.3, -0.25) is 9.59 Å². The number of ketones is 2. The van der Waals surface area contributed by atoms with Gasteiger partial charge in [-0.1, -0.05) is 23.4 Å². The van der Waals surface area contributed by atoms with Crippen LogP contribution in [0, 0.1) is 13.8 Å². The van der Waals surface area contributed by atoms with Crippen LogP contribution >= 0.6 is 23.4 Å². The third kappa shape index (κ3) is 3.84. The van der Waals surface area contributed by atoms with Crippen molar-refractivity contribution in [1.29, 1.82) is 0 Å². The minimum atomic E-state index is -0.0795. The lowest BCUT2D eigenvalue weighted by Crippen LogP contribution is -2.06. The highest BCUT2D eigenvalue weighted by Crippen LogP contribution is 2.25. The Balaban J connectivity index is 1.76. The second-order valence-electron chi connectivity index (χ2n) is 6.27. The van der Waals surface area contributed by atoms with Gasteiger partial charge in [0, 0.05) is 28.9 Å². The van der Waals surface area contributed by atoms with Gasteiger partial charge >= 0.3 is 0 Å². The zero-order valence-electron chi connectivity index (χ0n) is 15.5. The molecule has 0 atom stereocenters. The molecule has 0 saturated heterocycles. The normalized spacial score (nSPS) is 11.0. The van der Waals surface area contributed by atoms with E-state index in [4.69, 9.17) is 11.6 Å². The molecule has 3 aromatic rings. The number of Topliss-reactive ketones (excluding diaryl/α,β-unsaturated/α-hetero) is 2. The maximum Gasteiger partial charge on any atom is 0.191 e. The molecule has 0 radical (unpaired) electrons. The predicted octanol–water partition coefficient (Wildman–Crippen LogP) is 4.26.